The van der Waals surface area contributed by atoms with E-state index in [4.69, 9.17) is 5.73 Å². The average molecular weight is 355 g/mol. The van der Waals surface area contributed by atoms with Crippen molar-refractivity contribution in [2.24, 2.45) is 0 Å². The van der Waals surface area contributed by atoms with Crippen LogP contribution in [-0.2, 0) is 0 Å². The molecule has 2 atom stereocenters. The van der Waals surface area contributed by atoms with Crippen molar-refractivity contribution in [2.45, 2.75) is 51.0 Å². The molecule has 7 heteroatoms. The maximum absolute atomic E-state index is 13.6. The molecule has 6 nitrogen and oxygen atoms in total. The fraction of sp³-hybridized carbons (Fsp3) is 0.421. The molecule has 3 aromatic rings. The summed E-state index contributed by atoms with van der Waals surface area (Å²) in [5, 5.41) is 15.0. The van der Waals surface area contributed by atoms with Crippen LogP contribution >= 0.6 is 0 Å². The lowest BCUT2D eigenvalue weighted by molar-refractivity contribution is 0.0134. The zero-order valence-electron chi connectivity index (χ0n) is 14.9. The summed E-state index contributed by atoms with van der Waals surface area (Å²) in [5.41, 5.74) is 7.92. The van der Waals surface area contributed by atoms with Crippen molar-refractivity contribution in [3.8, 4) is 11.3 Å². The van der Waals surface area contributed by atoms with Crippen molar-refractivity contribution in [2.75, 3.05) is 5.73 Å². The standard InChI is InChI=1S/C19H22FN5O/c1-11-15(12-5-3-7-14(20)9-12)22-16(21)18-23-17(24-25(11)18)13-6-4-8-19(2,26)10-13/h3,5,7,9,13,26H,4,6,8,10H2,1-2H3,(H2,21,22)/t13-,19-/m0/s1. The predicted octanol–water partition coefficient (Wildman–Crippen LogP) is 3.23. The lowest BCUT2D eigenvalue weighted by atomic mass is 9.79. The van der Waals surface area contributed by atoms with Gasteiger partial charge in [-0.05, 0) is 51.7 Å². The molecule has 4 rings (SSSR count). The van der Waals surface area contributed by atoms with Crippen LogP contribution in [0.2, 0.25) is 0 Å². The van der Waals surface area contributed by atoms with Gasteiger partial charge in [-0.15, -0.1) is 0 Å². The van der Waals surface area contributed by atoms with E-state index in [-0.39, 0.29) is 17.6 Å². The summed E-state index contributed by atoms with van der Waals surface area (Å²) in [6, 6.07) is 6.25. The second-order valence-corrected chi connectivity index (χ2v) is 7.44. The van der Waals surface area contributed by atoms with Crippen LogP contribution in [0.15, 0.2) is 24.3 Å². The highest BCUT2D eigenvalue weighted by molar-refractivity contribution is 5.69. The summed E-state index contributed by atoms with van der Waals surface area (Å²) >= 11 is 0. The molecule has 0 amide bonds. The van der Waals surface area contributed by atoms with Crippen molar-refractivity contribution in [3.05, 3.63) is 41.6 Å². The highest BCUT2D eigenvalue weighted by atomic mass is 19.1. The van der Waals surface area contributed by atoms with Crippen molar-refractivity contribution in [1.29, 1.82) is 0 Å². The summed E-state index contributed by atoms with van der Waals surface area (Å²) < 4.78 is 15.3. The Morgan fingerprint density at radius 3 is 2.88 bits per heavy atom. The number of nitrogen functional groups attached to an aromatic ring is 1. The van der Waals surface area contributed by atoms with E-state index in [9.17, 15) is 9.50 Å². The number of anilines is 1. The largest absolute Gasteiger partial charge is 0.390 e. The monoisotopic (exact) mass is 355 g/mol. The summed E-state index contributed by atoms with van der Waals surface area (Å²) in [7, 11) is 0. The number of halogens is 1. The number of hydrogen-bond acceptors (Lipinski definition) is 5. The minimum atomic E-state index is -0.689. The van der Waals surface area contributed by atoms with E-state index < -0.39 is 5.60 Å². The van der Waals surface area contributed by atoms with Gasteiger partial charge in [-0.3, -0.25) is 0 Å². The van der Waals surface area contributed by atoms with Crippen molar-refractivity contribution >= 4 is 11.5 Å². The molecule has 1 saturated carbocycles. The second-order valence-electron chi connectivity index (χ2n) is 7.44. The third-order valence-corrected chi connectivity index (χ3v) is 5.16. The summed E-state index contributed by atoms with van der Waals surface area (Å²) in [4.78, 5) is 9.03. The van der Waals surface area contributed by atoms with Gasteiger partial charge in [0.1, 0.15) is 5.82 Å². The first-order chi connectivity index (χ1) is 12.3. The number of benzene rings is 1. The molecule has 1 aliphatic rings. The van der Waals surface area contributed by atoms with E-state index in [1.165, 1.54) is 12.1 Å². The highest BCUT2D eigenvalue weighted by Crippen LogP contribution is 2.37. The van der Waals surface area contributed by atoms with Crippen LogP contribution in [0.4, 0.5) is 10.2 Å². The lowest BCUT2D eigenvalue weighted by Gasteiger charge is -2.32. The number of aliphatic hydroxyl groups is 1. The third-order valence-electron chi connectivity index (χ3n) is 5.16. The van der Waals surface area contributed by atoms with Crippen molar-refractivity contribution in [1.82, 2.24) is 19.6 Å². The predicted molar refractivity (Wildman–Crippen MR) is 97.2 cm³/mol. The molecule has 3 N–H and O–H groups in total. The lowest BCUT2D eigenvalue weighted by Crippen LogP contribution is -2.31. The fourth-order valence-corrected chi connectivity index (χ4v) is 3.85. The SMILES string of the molecule is Cc1c(-c2cccc(F)c2)nc(N)c2nc([C@H]3CCC[C@](C)(O)C3)nn12. The number of nitrogens with zero attached hydrogens (tertiary/aromatic N) is 4. The van der Waals surface area contributed by atoms with Crippen molar-refractivity contribution in [3.63, 3.8) is 0 Å². The Morgan fingerprint density at radius 2 is 2.15 bits per heavy atom. The van der Waals surface area contributed by atoms with E-state index >= 15 is 0 Å². The number of aromatic nitrogens is 4. The first-order valence-corrected chi connectivity index (χ1v) is 8.85. The summed E-state index contributed by atoms with van der Waals surface area (Å²) in [5.74, 6) is 0.704. The Morgan fingerprint density at radius 1 is 1.35 bits per heavy atom. The first kappa shape index (κ1) is 16.9. The number of nitrogens with two attached hydrogens (primary N) is 1. The molecule has 1 aliphatic carbocycles. The normalized spacial score (nSPS) is 23.5. The molecule has 2 aromatic heterocycles. The smallest absolute Gasteiger partial charge is 0.198 e. The van der Waals surface area contributed by atoms with Crippen LogP contribution in [0.1, 0.15) is 50.0 Å². The van der Waals surface area contributed by atoms with Gasteiger partial charge in [0.2, 0.25) is 0 Å². The summed E-state index contributed by atoms with van der Waals surface area (Å²) in [6.07, 6.45) is 3.31. The van der Waals surface area contributed by atoms with Crippen molar-refractivity contribution < 1.29 is 9.50 Å². The van der Waals surface area contributed by atoms with Gasteiger partial charge in [0.25, 0.3) is 0 Å². The molecular weight excluding hydrogens is 333 g/mol. The number of fused-ring (bicyclic) bond motifs is 1. The van der Waals surface area contributed by atoms with E-state index in [0.717, 1.165) is 25.0 Å². The number of rotatable bonds is 2. The van der Waals surface area contributed by atoms with Crippen LogP contribution in [0.25, 0.3) is 16.9 Å². The molecule has 0 bridgehead atoms. The van der Waals surface area contributed by atoms with Crippen LogP contribution in [0.5, 0.6) is 0 Å². The molecular formula is C19H22FN5O. The number of aryl methyl sites for hydroxylation is 1. The highest BCUT2D eigenvalue weighted by Gasteiger charge is 2.33. The van der Waals surface area contributed by atoms with Crippen LogP contribution in [0.3, 0.4) is 0 Å². The molecule has 136 valence electrons. The topological polar surface area (TPSA) is 89.3 Å². The maximum atomic E-state index is 13.6. The van der Waals surface area contributed by atoms with Crippen LogP contribution < -0.4 is 5.73 Å². The quantitative estimate of drug-likeness (QED) is 0.737. The molecule has 1 aromatic carbocycles. The summed E-state index contributed by atoms with van der Waals surface area (Å²) in [6.45, 7) is 3.73. The van der Waals surface area contributed by atoms with Gasteiger partial charge in [-0.25, -0.2) is 18.9 Å². The molecule has 2 heterocycles. The minimum absolute atomic E-state index is 0.0927. The Kier molecular flexibility index (Phi) is 3.91. The van der Waals surface area contributed by atoms with Gasteiger partial charge in [0.05, 0.1) is 17.0 Å². The average Bonchev–Trinajstić information content (AvgIpc) is 3.03. The Bertz CT molecular complexity index is 981. The van der Waals surface area contributed by atoms with Gasteiger partial charge in [0, 0.05) is 11.5 Å². The minimum Gasteiger partial charge on any atom is -0.390 e. The molecule has 26 heavy (non-hydrogen) atoms. The second kappa shape index (κ2) is 6.02. The van der Waals surface area contributed by atoms with E-state index in [1.807, 2.05) is 13.8 Å². The Balaban J connectivity index is 1.81. The van der Waals surface area contributed by atoms with E-state index in [1.54, 1.807) is 16.6 Å². The first-order valence-electron chi connectivity index (χ1n) is 8.85. The molecule has 0 aliphatic heterocycles. The van der Waals surface area contributed by atoms with E-state index in [2.05, 4.69) is 15.1 Å². The molecule has 0 spiro atoms. The fourth-order valence-electron chi connectivity index (χ4n) is 3.85. The third kappa shape index (κ3) is 2.92. The molecule has 1 fully saturated rings. The van der Waals surface area contributed by atoms with Gasteiger partial charge < -0.3 is 10.8 Å². The molecule has 0 saturated heterocycles. The van der Waals surface area contributed by atoms with Crippen LogP contribution in [-0.4, -0.2) is 30.3 Å². The zero-order valence-corrected chi connectivity index (χ0v) is 14.9. The van der Waals surface area contributed by atoms with Crippen LogP contribution in [0, 0.1) is 12.7 Å². The van der Waals surface area contributed by atoms with Gasteiger partial charge >= 0.3 is 0 Å². The molecule has 0 unspecified atom stereocenters. The van der Waals surface area contributed by atoms with Gasteiger partial charge in [0.15, 0.2) is 17.3 Å². The van der Waals surface area contributed by atoms with Gasteiger partial charge in [-0.1, -0.05) is 12.1 Å². The molecule has 0 radical (unpaired) electrons. The Labute approximate surface area is 150 Å². The number of hydrogen-bond donors (Lipinski definition) is 2. The van der Waals surface area contributed by atoms with Gasteiger partial charge in [-0.2, -0.15) is 5.10 Å². The maximum Gasteiger partial charge on any atom is 0.198 e. The zero-order chi connectivity index (χ0) is 18.5. The Hall–Kier alpha value is -2.54. The van der Waals surface area contributed by atoms with E-state index in [0.29, 0.717) is 29.1 Å².